The van der Waals surface area contributed by atoms with Crippen LogP contribution in [0.4, 0.5) is 0 Å². The van der Waals surface area contributed by atoms with Gasteiger partial charge in [0, 0.05) is 13.1 Å². The summed E-state index contributed by atoms with van der Waals surface area (Å²) in [6.07, 6.45) is 0.837. The Morgan fingerprint density at radius 2 is 2.06 bits per heavy atom. The zero-order valence-corrected chi connectivity index (χ0v) is 10.8. The van der Waals surface area contributed by atoms with Gasteiger partial charge in [-0.15, -0.1) is 0 Å². The third kappa shape index (κ3) is 3.86. The minimum absolute atomic E-state index is 0.107. The van der Waals surface area contributed by atoms with Crippen molar-refractivity contribution in [1.82, 2.24) is 4.90 Å². The third-order valence-corrected chi connectivity index (χ3v) is 3.01. The van der Waals surface area contributed by atoms with Crippen molar-refractivity contribution in [3.63, 3.8) is 0 Å². The molecule has 0 spiro atoms. The average molecular weight is 245 g/mol. The topological polar surface area (TPSA) is 70.1 Å². The van der Waals surface area contributed by atoms with Gasteiger partial charge in [-0.25, -0.2) is 0 Å². The molecule has 0 aromatic heterocycles. The second kappa shape index (κ2) is 6.77. The van der Waals surface area contributed by atoms with Crippen LogP contribution in [-0.2, 0) is 11.2 Å². The highest BCUT2D eigenvalue weighted by atomic mass is 16.2. The lowest BCUT2D eigenvalue weighted by Crippen LogP contribution is -2.46. The molecule has 96 valence electrons. The van der Waals surface area contributed by atoms with Crippen molar-refractivity contribution in [2.24, 2.45) is 5.73 Å². The molecule has 0 fully saturated rings. The minimum atomic E-state index is -0.557. The largest absolute Gasteiger partial charge is 0.341 e. The van der Waals surface area contributed by atoms with Gasteiger partial charge in [-0.05, 0) is 18.9 Å². The highest BCUT2D eigenvalue weighted by molar-refractivity contribution is 5.82. The predicted molar refractivity (Wildman–Crippen MR) is 70.6 cm³/mol. The lowest BCUT2D eigenvalue weighted by Gasteiger charge is -2.26. The summed E-state index contributed by atoms with van der Waals surface area (Å²) in [5, 5.41) is 8.62. The van der Waals surface area contributed by atoms with Gasteiger partial charge in [0.2, 0.25) is 5.91 Å². The number of nitrogens with two attached hydrogens (primary N) is 1. The summed E-state index contributed by atoms with van der Waals surface area (Å²) in [6.45, 7) is 1.84. The Hall–Kier alpha value is -1.86. The molecule has 4 heteroatoms. The molecule has 4 nitrogen and oxygen atoms in total. The SMILES string of the molecule is CC(CC#N)N(C)C(=O)[C@H](N)Cc1ccccc1. The summed E-state index contributed by atoms with van der Waals surface area (Å²) >= 11 is 0. The maximum atomic E-state index is 12.1. The molecule has 2 N–H and O–H groups in total. The van der Waals surface area contributed by atoms with Crippen molar-refractivity contribution in [2.75, 3.05) is 7.05 Å². The quantitative estimate of drug-likeness (QED) is 0.850. The number of benzene rings is 1. The Bertz CT molecular complexity index is 424. The van der Waals surface area contributed by atoms with Crippen LogP contribution in [-0.4, -0.2) is 29.9 Å². The molecule has 1 aromatic carbocycles. The van der Waals surface area contributed by atoms with E-state index in [9.17, 15) is 4.79 Å². The van der Waals surface area contributed by atoms with Gasteiger partial charge in [-0.1, -0.05) is 30.3 Å². The van der Waals surface area contributed by atoms with Crippen LogP contribution in [0.1, 0.15) is 18.9 Å². The summed E-state index contributed by atoms with van der Waals surface area (Å²) < 4.78 is 0. The number of rotatable bonds is 5. The smallest absolute Gasteiger partial charge is 0.239 e. The van der Waals surface area contributed by atoms with Crippen LogP contribution in [0.3, 0.4) is 0 Å². The Morgan fingerprint density at radius 3 is 2.61 bits per heavy atom. The van der Waals surface area contributed by atoms with Gasteiger partial charge < -0.3 is 10.6 Å². The lowest BCUT2D eigenvalue weighted by atomic mass is 10.0. The van der Waals surface area contributed by atoms with Crippen molar-refractivity contribution in [3.8, 4) is 6.07 Å². The van der Waals surface area contributed by atoms with Crippen molar-refractivity contribution in [2.45, 2.75) is 31.8 Å². The standard InChI is InChI=1S/C14H19N3O/c1-11(8-9-15)17(2)14(18)13(16)10-12-6-4-3-5-7-12/h3-7,11,13H,8,10,16H2,1-2H3/t11?,13-/m1/s1. The molecule has 18 heavy (non-hydrogen) atoms. The summed E-state index contributed by atoms with van der Waals surface area (Å²) in [6, 6.07) is 11.1. The Labute approximate surface area is 108 Å². The first-order valence-electron chi connectivity index (χ1n) is 5.99. The fourth-order valence-corrected chi connectivity index (χ4v) is 1.70. The van der Waals surface area contributed by atoms with E-state index in [1.54, 1.807) is 11.9 Å². The van der Waals surface area contributed by atoms with Crippen LogP contribution in [0.25, 0.3) is 0 Å². The maximum absolute atomic E-state index is 12.1. The number of amides is 1. The fourth-order valence-electron chi connectivity index (χ4n) is 1.70. The first-order valence-corrected chi connectivity index (χ1v) is 5.99. The molecule has 0 heterocycles. The van der Waals surface area contributed by atoms with Gasteiger partial charge in [0.15, 0.2) is 0 Å². The number of carbonyl (C=O) groups is 1. The van der Waals surface area contributed by atoms with E-state index in [-0.39, 0.29) is 11.9 Å². The molecule has 0 saturated heterocycles. The zero-order chi connectivity index (χ0) is 13.5. The summed E-state index contributed by atoms with van der Waals surface area (Å²) in [5.74, 6) is -0.124. The summed E-state index contributed by atoms with van der Waals surface area (Å²) in [5.41, 5.74) is 6.95. The molecule has 0 radical (unpaired) electrons. The number of likely N-dealkylation sites (N-methyl/N-ethyl adjacent to an activating group) is 1. The maximum Gasteiger partial charge on any atom is 0.239 e. The number of carbonyl (C=O) groups excluding carboxylic acids is 1. The number of nitriles is 1. The second-order valence-electron chi connectivity index (χ2n) is 4.46. The third-order valence-electron chi connectivity index (χ3n) is 3.01. The molecule has 1 aromatic rings. The Kier molecular flexibility index (Phi) is 5.34. The molecule has 0 aliphatic heterocycles. The van der Waals surface area contributed by atoms with Crippen LogP contribution >= 0.6 is 0 Å². The average Bonchev–Trinajstić information content (AvgIpc) is 2.38. The molecular formula is C14H19N3O. The van der Waals surface area contributed by atoms with E-state index < -0.39 is 6.04 Å². The number of nitrogens with zero attached hydrogens (tertiary/aromatic N) is 2. The van der Waals surface area contributed by atoms with Gasteiger partial charge in [0.05, 0.1) is 18.5 Å². The van der Waals surface area contributed by atoms with Gasteiger partial charge >= 0.3 is 0 Å². The predicted octanol–water partition coefficient (Wildman–Crippen LogP) is 1.32. The van der Waals surface area contributed by atoms with E-state index in [2.05, 4.69) is 6.07 Å². The summed E-state index contributed by atoms with van der Waals surface area (Å²) in [7, 11) is 1.69. The summed E-state index contributed by atoms with van der Waals surface area (Å²) in [4.78, 5) is 13.6. The van der Waals surface area contributed by atoms with E-state index >= 15 is 0 Å². The van der Waals surface area contributed by atoms with Gasteiger partial charge in [0.25, 0.3) is 0 Å². The second-order valence-corrected chi connectivity index (χ2v) is 4.46. The van der Waals surface area contributed by atoms with Crippen molar-refractivity contribution in [3.05, 3.63) is 35.9 Å². The Morgan fingerprint density at radius 1 is 1.44 bits per heavy atom. The Balaban J connectivity index is 2.59. The van der Waals surface area contributed by atoms with Gasteiger partial charge in [-0.2, -0.15) is 5.26 Å². The van der Waals surface area contributed by atoms with Crippen LogP contribution < -0.4 is 5.73 Å². The van der Waals surface area contributed by atoms with Crippen molar-refractivity contribution in [1.29, 1.82) is 5.26 Å². The van der Waals surface area contributed by atoms with Crippen LogP contribution in [0.15, 0.2) is 30.3 Å². The first kappa shape index (κ1) is 14.2. The molecule has 0 bridgehead atoms. The lowest BCUT2D eigenvalue weighted by molar-refractivity contribution is -0.132. The van der Waals surface area contributed by atoms with E-state index in [0.29, 0.717) is 12.8 Å². The fraction of sp³-hybridized carbons (Fsp3) is 0.429. The van der Waals surface area contributed by atoms with E-state index in [0.717, 1.165) is 5.56 Å². The van der Waals surface area contributed by atoms with Crippen LogP contribution in [0.5, 0.6) is 0 Å². The van der Waals surface area contributed by atoms with Crippen molar-refractivity contribution < 1.29 is 4.79 Å². The molecule has 0 aliphatic carbocycles. The van der Waals surface area contributed by atoms with E-state index in [1.165, 1.54) is 0 Å². The highest BCUT2D eigenvalue weighted by Crippen LogP contribution is 2.07. The highest BCUT2D eigenvalue weighted by Gasteiger charge is 2.21. The molecule has 2 atom stereocenters. The van der Waals surface area contributed by atoms with E-state index in [4.69, 9.17) is 11.0 Å². The van der Waals surface area contributed by atoms with Crippen LogP contribution in [0, 0.1) is 11.3 Å². The first-order chi connectivity index (χ1) is 8.56. The van der Waals surface area contributed by atoms with Crippen LogP contribution in [0.2, 0.25) is 0 Å². The minimum Gasteiger partial charge on any atom is -0.341 e. The molecule has 0 saturated carbocycles. The monoisotopic (exact) mass is 245 g/mol. The molecule has 1 rings (SSSR count). The zero-order valence-electron chi connectivity index (χ0n) is 10.8. The number of hydrogen-bond acceptors (Lipinski definition) is 3. The van der Waals surface area contributed by atoms with E-state index in [1.807, 2.05) is 37.3 Å². The molecule has 1 unspecified atom stereocenters. The van der Waals surface area contributed by atoms with Crippen molar-refractivity contribution >= 4 is 5.91 Å². The normalized spacial score (nSPS) is 13.4. The molecular weight excluding hydrogens is 226 g/mol. The van der Waals surface area contributed by atoms with Gasteiger partial charge in [0.1, 0.15) is 0 Å². The van der Waals surface area contributed by atoms with Gasteiger partial charge in [-0.3, -0.25) is 4.79 Å². The number of hydrogen-bond donors (Lipinski definition) is 1. The molecule has 1 amide bonds. The molecule has 0 aliphatic rings.